The fraction of sp³-hybridized carbons (Fsp3) is 0.429. The van der Waals surface area contributed by atoms with Crippen LogP contribution in [0, 0.1) is 5.92 Å². The SMILES string of the molecule is CC(C[C@@H](N)Cc1ccccc1)C(=O)O.O=C(O)C(F)(F)F. The number of aliphatic carboxylic acids is 2. The normalized spacial score (nSPS) is 13.5. The molecular formula is C14H18F3NO4. The summed E-state index contributed by atoms with van der Waals surface area (Å²) in [5.74, 6) is -3.91. The Morgan fingerprint density at radius 1 is 1.18 bits per heavy atom. The lowest BCUT2D eigenvalue weighted by Crippen LogP contribution is -2.28. The first-order valence-electron chi connectivity index (χ1n) is 6.36. The Kier molecular flexibility index (Phi) is 8.18. The van der Waals surface area contributed by atoms with E-state index < -0.39 is 18.1 Å². The van der Waals surface area contributed by atoms with Crippen LogP contribution in [0.15, 0.2) is 30.3 Å². The first-order chi connectivity index (χ1) is 10.0. The van der Waals surface area contributed by atoms with Gasteiger partial charge < -0.3 is 15.9 Å². The molecule has 0 spiro atoms. The van der Waals surface area contributed by atoms with Crippen LogP contribution in [0.5, 0.6) is 0 Å². The van der Waals surface area contributed by atoms with Gasteiger partial charge in [-0.15, -0.1) is 0 Å². The second-order valence-corrected chi connectivity index (χ2v) is 4.73. The third kappa shape index (κ3) is 8.96. The molecule has 4 N–H and O–H groups in total. The molecule has 0 saturated heterocycles. The van der Waals surface area contributed by atoms with Gasteiger partial charge in [-0.25, -0.2) is 4.79 Å². The molecule has 1 unspecified atom stereocenters. The van der Waals surface area contributed by atoms with E-state index in [9.17, 15) is 18.0 Å². The predicted octanol–water partition coefficient (Wildman–Crippen LogP) is 2.30. The zero-order valence-corrected chi connectivity index (χ0v) is 11.9. The Labute approximate surface area is 125 Å². The summed E-state index contributed by atoms with van der Waals surface area (Å²) in [5, 5.41) is 15.9. The van der Waals surface area contributed by atoms with Gasteiger partial charge in [0, 0.05) is 6.04 Å². The number of carboxylic acids is 2. The minimum absolute atomic E-state index is 0.0847. The summed E-state index contributed by atoms with van der Waals surface area (Å²) in [4.78, 5) is 19.5. The van der Waals surface area contributed by atoms with Gasteiger partial charge in [-0.1, -0.05) is 37.3 Å². The average molecular weight is 321 g/mol. The van der Waals surface area contributed by atoms with E-state index in [1.807, 2.05) is 30.3 Å². The number of halogens is 3. The highest BCUT2D eigenvalue weighted by molar-refractivity contribution is 5.73. The van der Waals surface area contributed by atoms with E-state index in [-0.39, 0.29) is 12.0 Å². The monoisotopic (exact) mass is 321 g/mol. The predicted molar refractivity (Wildman–Crippen MR) is 73.2 cm³/mol. The lowest BCUT2D eigenvalue weighted by Gasteiger charge is -2.14. The largest absolute Gasteiger partial charge is 0.490 e. The van der Waals surface area contributed by atoms with Crippen molar-refractivity contribution in [1.82, 2.24) is 0 Å². The third-order valence-electron chi connectivity index (χ3n) is 2.66. The second kappa shape index (κ2) is 9.04. The molecule has 8 heteroatoms. The minimum atomic E-state index is -5.08. The molecular weight excluding hydrogens is 303 g/mol. The van der Waals surface area contributed by atoms with Crippen molar-refractivity contribution in [2.45, 2.75) is 32.0 Å². The van der Waals surface area contributed by atoms with E-state index in [4.69, 9.17) is 20.7 Å². The summed E-state index contributed by atoms with van der Waals surface area (Å²) in [6.45, 7) is 1.69. The number of hydrogen-bond acceptors (Lipinski definition) is 3. The summed E-state index contributed by atoms with van der Waals surface area (Å²) in [6, 6.07) is 9.80. The summed E-state index contributed by atoms with van der Waals surface area (Å²) < 4.78 is 31.7. The van der Waals surface area contributed by atoms with Gasteiger partial charge in [-0.2, -0.15) is 13.2 Å². The Morgan fingerprint density at radius 2 is 1.64 bits per heavy atom. The number of nitrogens with two attached hydrogens (primary N) is 1. The van der Waals surface area contributed by atoms with E-state index in [1.54, 1.807) is 6.92 Å². The lowest BCUT2D eigenvalue weighted by molar-refractivity contribution is -0.192. The van der Waals surface area contributed by atoms with E-state index in [2.05, 4.69) is 0 Å². The number of carbonyl (C=O) groups is 2. The molecule has 0 saturated carbocycles. The standard InChI is InChI=1S/C12H17NO2.C2HF3O2/c1-9(12(14)15)7-11(13)8-10-5-3-2-4-6-10;3-2(4,5)1(6)7/h2-6,9,11H,7-8,13H2,1H3,(H,14,15);(H,6,7)/t9?,11-;/m1./s1. The maximum atomic E-state index is 10.6. The van der Waals surface area contributed by atoms with Crippen LogP contribution in [0.4, 0.5) is 13.2 Å². The zero-order valence-electron chi connectivity index (χ0n) is 11.9. The van der Waals surface area contributed by atoms with Crippen LogP contribution in [0.25, 0.3) is 0 Å². The Hall–Kier alpha value is -2.09. The maximum absolute atomic E-state index is 10.6. The Morgan fingerprint density at radius 3 is 2.00 bits per heavy atom. The van der Waals surface area contributed by atoms with Crippen LogP contribution >= 0.6 is 0 Å². The number of alkyl halides is 3. The summed E-state index contributed by atoms with van der Waals surface area (Å²) in [5.41, 5.74) is 7.04. The Balaban J connectivity index is 0.000000534. The van der Waals surface area contributed by atoms with Gasteiger partial charge >= 0.3 is 18.1 Å². The molecule has 22 heavy (non-hydrogen) atoms. The molecule has 124 valence electrons. The molecule has 0 aliphatic rings. The third-order valence-corrected chi connectivity index (χ3v) is 2.66. The van der Waals surface area contributed by atoms with Gasteiger partial charge in [-0.05, 0) is 18.4 Å². The van der Waals surface area contributed by atoms with Crippen LogP contribution < -0.4 is 5.73 Å². The van der Waals surface area contributed by atoms with Crippen LogP contribution in [-0.2, 0) is 16.0 Å². The molecule has 1 aromatic rings. The van der Waals surface area contributed by atoms with Crippen molar-refractivity contribution in [3.63, 3.8) is 0 Å². The highest BCUT2D eigenvalue weighted by atomic mass is 19.4. The van der Waals surface area contributed by atoms with Gasteiger partial charge in [-0.3, -0.25) is 4.79 Å². The first kappa shape index (κ1) is 19.9. The molecule has 1 rings (SSSR count). The molecule has 5 nitrogen and oxygen atoms in total. The fourth-order valence-corrected chi connectivity index (χ4v) is 1.56. The van der Waals surface area contributed by atoms with E-state index in [1.165, 1.54) is 0 Å². The summed E-state index contributed by atoms with van der Waals surface area (Å²) >= 11 is 0. The molecule has 0 amide bonds. The lowest BCUT2D eigenvalue weighted by atomic mass is 9.97. The fourth-order valence-electron chi connectivity index (χ4n) is 1.56. The van der Waals surface area contributed by atoms with Crippen molar-refractivity contribution in [1.29, 1.82) is 0 Å². The molecule has 0 aliphatic carbocycles. The van der Waals surface area contributed by atoms with Crippen molar-refractivity contribution in [3.05, 3.63) is 35.9 Å². The molecule has 0 bridgehead atoms. The van der Waals surface area contributed by atoms with Crippen LogP contribution in [-0.4, -0.2) is 34.4 Å². The number of rotatable bonds is 5. The van der Waals surface area contributed by atoms with Crippen molar-refractivity contribution >= 4 is 11.9 Å². The molecule has 0 heterocycles. The van der Waals surface area contributed by atoms with Crippen LogP contribution in [0.1, 0.15) is 18.9 Å². The number of hydrogen-bond donors (Lipinski definition) is 3. The van der Waals surface area contributed by atoms with Crippen molar-refractivity contribution < 1.29 is 33.0 Å². The second-order valence-electron chi connectivity index (χ2n) is 4.73. The maximum Gasteiger partial charge on any atom is 0.490 e. The van der Waals surface area contributed by atoms with Gasteiger partial charge in [0.05, 0.1) is 5.92 Å². The topological polar surface area (TPSA) is 101 Å². The van der Waals surface area contributed by atoms with Crippen molar-refractivity contribution in [2.24, 2.45) is 11.7 Å². The molecule has 1 aromatic carbocycles. The number of carboxylic acid groups (broad SMARTS) is 2. The molecule has 2 atom stereocenters. The smallest absolute Gasteiger partial charge is 0.481 e. The molecule has 0 aromatic heterocycles. The van der Waals surface area contributed by atoms with Crippen LogP contribution in [0.3, 0.4) is 0 Å². The first-order valence-corrected chi connectivity index (χ1v) is 6.36. The highest BCUT2D eigenvalue weighted by Gasteiger charge is 2.38. The van der Waals surface area contributed by atoms with Crippen LogP contribution in [0.2, 0.25) is 0 Å². The quantitative estimate of drug-likeness (QED) is 0.772. The zero-order chi connectivity index (χ0) is 17.3. The molecule has 0 fully saturated rings. The van der Waals surface area contributed by atoms with E-state index in [0.29, 0.717) is 6.42 Å². The Bertz CT molecular complexity index is 477. The molecule has 0 radical (unpaired) electrons. The average Bonchev–Trinajstić information content (AvgIpc) is 2.39. The molecule has 0 aliphatic heterocycles. The van der Waals surface area contributed by atoms with Crippen molar-refractivity contribution in [3.8, 4) is 0 Å². The van der Waals surface area contributed by atoms with E-state index in [0.717, 1.165) is 12.0 Å². The van der Waals surface area contributed by atoms with Crippen molar-refractivity contribution in [2.75, 3.05) is 0 Å². The highest BCUT2D eigenvalue weighted by Crippen LogP contribution is 2.13. The minimum Gasteiger partial charge on any atom is -0.481 e. The van der Waals surface area contributed by atoms with Gasteiger partial charge in [0.25, 0.3) is 0 Å². The summed E-state index contributed by atoms with van der Waals surface area (Å²) in [6.07, 6.45) is -3.83. The summed E-state index contributed by atoms with van der Waals surface area (Å²) in [7, 11) is 0. The van der Waals surface area contributed by atoms with Gasteiger partial charge in [0.1, 0.15) is 0 Å². The van der Waals surface area contributed by atoms with Gasteiger partial charge in [0.15, 0.2) is 0 Å². The van der Waals surface area contributed by atoms with Gasteiger partial charge in [0.2, 0.25) is 0 Å². The number of benzene rings is 1. The van der Waals surface area contributed by atoms with E-state index >= 15 is 0 Å².